The van der Waals surface area contributed by atoms with Crippen molar-refractivity contribution in [2.75, 3.05) is 13.1 Å². The average molecular weight is 573 g/mol. The van der Waals surface area contributed by atoms with Gasteiger partial charge in [0.2, 0.25) is 15.9 Å². The third-order valence-corrected chi connectivity index (χ3v) is 8.19. The minimum absolute atomic E-state index is 0.112. The van der Waals surface area contributed by atoms with Gasteiger partial charge in [-0.05, 0) is 52.9 Å². The highest BCUT2D eigenvalue weighted by atomic mass is 79.9. The van der Waals surface area contributed by atoms with E-state index >= 15 is 0 Å². The van der Waals surface area contributed by atoms with E-state index in [0.717, 1.165) is 5.56 Å². The zero-order chi connectivity index (χ0) is 22.6. The maximum atomic E-state index is 12.9. The molecule has 0 bridgehead atoms. The van der Waals surface area contributed by atoms with Gasteiger partial charge in [-0.2, -0.15) is 0 Å². The third-order valence-electron chi connectivity index (χ3n) is 5.18. The smallest absolute Gasteiger partial charge is 0.376 e. The molecular formula is C20H24BBr2N3O4S. The molecule has 7 nitrogen and oxygen atoms in total. The normalized spacial score (nSPS) is 19.4. The first-order valence-electron chi connectivity index (χ1n) is 9.87. The quantitative estimate of drug-likeness (QED) is 0.422. The van der Waals surface area contributed by atoms with E-state index in [2.05, 4.69) is 41.9 Å². The van der Waals surface area contributed by atoms with Crippen LogP contribution in [0.2, 0.25) is 6.82 Å². The third kappa shape index (κ3) is 6.63. The standard InChI is InChI=1S/C20H24BBr2N3O4S/c1-21(28)26-13-16(25-31(29,30)19-10-15(22)7-8-18(19)23)11-17(26)12-24-20(27)9-14-5-3-2-4-6-14/h2-8,10,16-17,25,28H,9,11-13H2,1H3,(H,24,27)/t16-,17-/m1/s1. The van der Waals surface area contributed by atoms with Crippen LogP contribution in [0.25, 0.3) is 0 Å². The number of nitrogens with zero attached hydrogens (tertiary/aromatic N) is 1. The Labute approximate surface area is 200 Å². The van der Waals surface area contributed by atoms with Crippen molar-refractivity contribution in [1.82, 2.24) is 14.8 Å². The zero-order valence-corrected chi connectivity index (χ0v) is 21.0. The fourth-order valence-electron chi connectivity index (χ4n) is 3.73. The van der Waals surface area contributed by atoms with Crippen LogP contribution < -0.4 is 10.0 Å². The molecule has 166 valence electrons. The van der Waals surface area contributed by atoms with Gasteiger partial charge in [0.25, 0.3) is 0 Å². The zero-order valence-electron chi connectivity index (χ0n) is 17.0. The summed E-state index contributed by atoms with van der Waals surface area (Å²) >= 11 is 6.60. The summed E-state index contributed by atoms with van der Waals surface area (Å²) in [5.74, 6) is -0.112. The molecule has 0 radical (unpaired) electrons. The van der Waals surface area contributed by atoms with E-state index in [-0.39, 0.29) is 29.3 Å². The van der Waals surface area contributed by atoms with E-state index in [1.165, 1.54) is 6.07 Å². The average Bonchev–Trinajstić information content (AvgIpc) is 3.11. The number of hydrogen-bond donors (Lipinski definition) is 3. The largest absolute Gasteiger partial charge is 0.437 e. The van der Waals surface area contributed by atoms with E-state index in [1.54, 1.807) is 23.8 Å². The van der Waals surface area contributed by atoms with Crippen molar-refractivity contribution in [3.05, 3.63) is 63.0 Å². The molecule has 0 spiro atoms. The molecule has 0 saturated carbocycles. The fraction of sp³-hybridized carbons (Fsp3) is 0.350. The number of carbonyl (C=O) groups excluding carboxylic acids is 1. The predicted octanol–water partition coefficient (Wildman–Crippen LogP) is 2.40. The molecule has 3 rings (SSSR count). The van der Waals surface area contributed by atoms with E-state index in [1.807, 2.05) is 30.3 Å². The van der Waals surface area contributed by atoms with Crippen LogP contribution in [0, 0.1) is 0 Å². The van der Waals surface area contributed by atoms with Gasteiger partial charge in [0.05, 0.1) is 11.3 Å². The van der Waals surface area contributed by atoms with E-state index in [4.69, 9.17) is 0 Å². The van der Waals surface area contributed by atoms with Crippen molar-refractivity contribution in [3.8, 4) is 0 Å². The van der Waals surface area contributed by atoms with Crippen LogP contribution in [0.3, 0.4) is 0 Å². The number of benzene rings is 2. The van der Waals surface area contributed by atoms with Gasteiger partial charge in [-0.25, -0.2) is 13.1 Å². The molecule has 11 heteroatoms. The number of carbonyl (C=O) groups is 1. The number of nitrogens with one attached hydrogen (secondary N) is 2. The monoisotopic (exact) mass is 571 g/mol. The van der Waals surface area contributed by atoms with Gasteiger partial charge in [-0.3, -0.25) is 4.79 Å². The molecule has 1 fully saturated rings. The summed E-state index contributed by atoms with van der Waals surface area (Å²) in [6.07, 6.45) is 0.747. The Balaban J connectivity index is 1.63. The molecule has 3 N–H and O–H groups in total. The highest BCUT2D eigenvalue weighted by molar-refractivity contribution is 9.11. The van der Waals surface area contributed by atoms with Crippen LogP contribution in [0.1, 0.15) is 12.0 Å². The van der Waals surface area contributed by atoms with Crippen LogP contribution in [0.15, 0.2) is 62.4 Å². The van der Waals surface area contributed by atoms with Crippen molar-refractivity contribution in [3.63, 3.8) is 0 Å². The lowest BCUT2D eigenvalue weighted by molar-refractivity contribution is -0.120. The van der Waals surface area contributed by atoms with E-state index in [9.17, 15) is 18.2 Å². The van der Waals surface area contributed by atoms with Crippen molar-refractivity contribution in [2.45, 2.75) is 36.6 Å². The van der Waals surface area contributed by atoms with Crippen molar-refractivity contribution in [2.24, 2.45) is 0 Å². The Kier molecular flexibility index (Phi) is 8.34. The lowest BCUT2D eigenvalue weighted by atomic mass is 9.84. The van der Waals surface area contributed by atoms with Gasteiger partial charge in [-0.15, -0.1) is 0 Å². The number of rotatable bonds is 8. The minimum Gasteiger partial charge on any atom is -0.437 e. The Morgan fingerprint density at radius 3 is 2.61 bits per heavy atom. The number of amides is 1. The van der Waals surface area contributed by atoms with Crippen LogP contribution >= 0.6 is 31.9 Å². The highest BCUT2D eigenvalue weighted by Crippen LogP contribution is 2.27. The summed E-state index contributed by atoms with van der Waals surface area (Å²) in [5.41, 5.74) is 0.920. The molecule has 31 heavy (non-hydrogen) atoms. The van der Waals surface area contributed by atoms with Crippen molar-refractivity contribution >= 4 is 54.8 Å². The van der Waals surface area contributed by atoms with Crippen molar-refractivity contribution < 1.29 is 18.2 Å². The Bertz CT molecular complexity index is 1020. The molecule has 0 unspecified atom stereocenters. The lowest BCUT2D eigenvalue weighted by Gasteiger charge is -2.25. The molecule has 2 aromatic rings. The summed E-state index contributed by atoms with van der Waals surface area (Å²) in [5, 5.41) is 13.1. The molecule has 1 heterocycles. The molecular weight excluding hydrogens is 549 g/mol. The second kappa shape index (κ2) is 10.6. The summed E-state index contributed by atoms with van der Waals surface area (Å²) in [6, 6.07) is 13.8. The molecule has 0 aliphatic carbocycles. The molecule has 1 amide bonds. The first kappa shape index (κ1) is 24.4. The van der Waals surface area contributed by atoms with Gasteiger partial charge < -0.3 is 15.2 Å². The first-order valence-corrected chi connectivity index (χ1v) is 12.9. The number of sulfonamides is 1. The second-order valence-corrected chi connectivity index (χ2v) is 11.0. The number of hydrogen-bond acceptors (Lipinski definition) is 5. The Morgan fingerprint density at radius 1 is 1.23 bits per heavy atom. The fourth-order valence-corrected chi connectivity index (χ4v) is 6.47. The second-order valence-electron chi connectivity index (χ2n) is 7.58. The van der Waals surface area contributed by atoms with Gasteiger partial charge in [-0.1, -0.05) is 46.3 Å². The summed E-state index contributed by atoms with van der Waals surface area (Å²) < 4.78 is 29.7. The van der Waals surface area contributed by atoms with Gasteiger partial charge in [0.1, 0.15) is 0 Å². The Hall–Kier alpha value is -1.24. The van der Waals surface area contributed by atoms with Crippen molar-refractivity contribution in [1.29, 1.82) is 0 Å². The van der Waals surface area contributed by atoms with Gasteiger partial charge in [0.15, 0.2) is 0 Å². The number of halogens is 2. The van der Waals surface area contributed by atoms with Crippen LogP contribution in [0.5, 0.6) is 0 Å². The topological polar surface area (TPSA) is 98.7 Å². The molecule has 0 aromatic heterocycles. The van der Waals surface area contributed by atoms with E-state index < -0.39 is 17.1 Å². The van der Waals surface area contributed by atoms with Gasteiger partial charge in [0, 0.05) is 34.1 Å². The molecule has 2 aromatic carbocycles. The van der Waals surface area contributed by atoms with Crippen LogP contribution in [0.4, 0.5) is 0 Å². The molecule has 1 aliphatic rings. The van der Waals surface area contributed by atoms with Crippen LogP contribution in [-0.2, 0) is 21.2 Å². The van der Waals surface area contributed by atoms with Crippen LogP contribution in [-0.4, -0.2) is 56.4 Å². The minimum atomic E-state index is -3.76. The maximum absolute atomic E-state index is 12.9. The SMILES string of the molecule is CB(O)N1C[C@H](NS(=O)(=O)c2cc(Br)ccc2Br)C[C@@H]1CNC(=O)Cc1ccccc1. The summed E-state index contributed by atoms with van der Waals surface area (Å²) in [6.45, 7) is 2.32. The molecule has 1 aliphatic heterocycles. The summed E-state index contributed by atoms with van der Waals surface area (Å²) in [4.78, 5) is 14.2. The summed E-state index contributed by atoms with van der Waals surface area (Å²) in [7, 11) is -4.52. The molecule has 2 atom stereocenters. The first-order chi connectivity index (χ1) is 14.7. The maximum Gasteiger partial charge on any atom is 0.376 e. The van der Waals surface area contributed by atoms with E-state index in [0.29, 0.717) is 28.5 Å². The predicted molar refractivity (Wildman–Crippen MR) is 128 cm³/mol. The highest BCUT2D eigenvalue weighted by Gasteiger charge is 2.38. The molecule has 1 saturated heterocycles. The van der Waals surface area contributed by atoms with Gasteiger partial charge >= 0.3 is 7.05 Å². The Morgan fingerprint density at radius 2 is 1.94 bits per heavy atom. The lowest BCUT2D eigenvalue weighted by Crippen LogP contribution is -2.47.